The van der Waals surface area contributed by atoms with Crippen molar-refractivity contribution in [3.05, 3.63) is 87.6 Å². The lowest BCUT2D eigenvalue weighted by Gasteiger charge is -2.26. The molecule has 42 heavy (non-hydrogen) atoms. The summed E-state index contributed by atoms with van der Waals surface area (Å²) >= 11 is 0. The maximum absolute atomic E-state index is 13.7. The molecule has 0 radical (unpaired) electrons. The number of hydrogen-bond acceptors (Lipinski definition) is 5. The second-order valence-corrected chi connectivity index (χ2v) is 11.9. The molecule has 1 N–H and O–H groups in total. The summed E-state index contributed by atoms with van der Waals surface area (Å²) in [5.74, 6) is 3.09. The van der Waals surface area contributed by atoms with Crippen LogP contribution in [0.25, 0.3) is 0 Å². The van der Waals surface area contributed by atoms with Crippen LogP contribution < -0.4 is 5.32 Å². The highest BCUT2D eigenvalue weighted by Crippen LogP contribution is 2.45. The summed E-state index contributed by atoms with van der Waals surface area (Å²) in [6, 6.07) is 13.6. The topological polar surface area (TPSA) is 60.0 Å². The van der Waals surface area contributed by atoms with E-state index in [1.165, 1.54) is 27.8 Å². The van der Waals surface area contributed by atoms with Crippen LogP contribution >= 0.6 is 0 Å². The molecular weight excluding hydrogens is 524 g/mol. The van der Waals surface area contributed by atoms with Gasteiger partial charge in [0.15, 0.2) is 5.76 Å². The van der Waals surface area contributed by atoms with Crippen LogP contribution in [-0.2, 0) is 44.7 Å². The number of fused-ring (bicyclic) bond motifs is 1. The number of aryl methyl sites for hydroxylation is 4. The van der Waals surface area contributed by atoms with Gasteiger partial charge < -0.3 is 19.5 Å². The van der Waals surface area contributed by atoms with Gasteiger partial charge in [0, 0.05) is 24.7 Å². The fourth-order valence-electron chi connectivity index (χ4n) is 7.07. The first-order valence-electron chi connectivity index (χ1n) is 16.0. The van der Waals surface area contributed by atoms with Crippen molar-refractivity contribution in [2.45, 2.75) is 85.1 Å². The van der Waals surface area contributed by atoms with E-state index in [0.717, 1.165) is 80.9 Å². The largest absolute Gasteiger partial charge is 0.497 e. The van der Waals surface area contributed by atoms with E-state index in [4.69, 9.17) is 14.2 Å². The summed E-state index contributed by atoms with van der Waals surface area (Å²) in [6.07, 6.45) is 10.3. The average Bonchev–Trinajstić information content (AvgIpc) is 3.65. The van der Waals surface area contributed by atoms with E-state index in [0.29, 0.717) is 12.5 Å². The van der Waals surface area contributed by atoms with Crippen LogP contribution in [0, 0.1) is 11.8 Å². The van der Waals surface area contributed by atoms with Crippen molar-refractivity contribution >= 4 is 11.6 Å². The molecule has 2 fully saturated rings. The van der Waals surface area contributed by atoms with Crippen molar-refractivity contribution in [3.8, 4) is 0 Å². The lowest BCUT2D eigenvalue weighted by Crippen LogP contribution is -2.34. The summed E-state index contributed by atoms with van der Waals surface area (Å²) in [5.41, 5.74) is 7.62. The molecule has 6 heteroatoms. The molecule has 0 saturated carbocycles. The van der Waals surface area contributed by atoms with E-state index in [1.807, 2.05) is 0 Å². The van der Waals surface area contributed by atoms with E-state index in [9.17, 15) is 4.79 Å². The van der Waals surface area contributed by atoms with Gasteiger partial charge in [0.2, 0.25) is 18.5 Å². The fourth-order valence-corrected chi connectivity index (χ4v) is 7.07. The van der Waals surface area contributed by atoms with Crippen molar-refractivity contribution in [1.82, 2.24) is 4.90 Å². The number of amides is 1. The Hall–Kier alpha value is -3.25. The molecule has 0 bridgehead atoms. The second kappa shape index (κ2) is 13.8. The van der Waals surface area contributed by atoms with Crippen molar-refractivity contribution in [2.24, 2.45) is 11.8 Å². The Morgan fingerprint density at radius 2 is 1.71 bits per heavy atom. The zero-order chi connectivity index (χ0) is 29.6. The third-order valence-electron chi connectivity index (χ3n) is 9.23. The number of para-hydroxylation sites is 1. The molecule has 2 aromatic carbocycles. The van der Waals surface area contributed by atoms with Crippen molar-refractivity contribution < 1.29 is 19.0 Å². The van der Waals surface area contributed by atoms with Crippen LogP contribution in [0.3, 0.4) is 0 Å². The number of likely N-dealkylation sites (tertiary alicyclic amines) is 1. The quantitative estimate of drug-likeness (QED) is 0.286. The van der Waals surface area contributed by atoms with Crippen molar-refractivity contribution in [2.75, 3.05) is 32.3 Å². The Morgan fingerprint density at radius 1 is 0.976 bits per heavy atom. The predicted molar refractivity (Wildman–Crippen MR) is 168 cm³/mol. The van der Waals surface area contributed by atoms with Gasteiger partial charge in [-0.15, -0.1) is 0 Å². The third-order valence-corrected chi connectivity index (χ3v) is 9.23. The molecule has 2 aromatic rings. The lowest BCUT2D eigenvalue weighted by molar-refractivity contribution is -0.117. The maximum atomic E-state index is 13.7. The minimum atomic E-state index is 0.0573. The van der Waals surface area contributed by atoms with Gasteiger partial charge in [-0.05, 0) is 77.8 Å². The van der Waals surface area contributed by atoms with Gasteiger partial charge in [0.05, 0.1) is 13.7 Å². The number of methoxy groups -OCH3 is 1. The second-order valence-electron chi connectivity index (χ2n) is 11.9. The molecule has 2 heterocycles. The van der Waals surface area contributed by atoms with Crippen molar-refractivity contribution in [1.29, 1.82) is 0 Å². The van der Waals surface area contributed by atoms with E-state index >= 15 is 0 Å². The van der Waals surface area contributed by atoms with Gasteiger partial charge in [-0.1, -0.05) is 76.9 Å². The standard InChI is InChI=1S/C36H48N2O4/c1-6-11-26-15-16-28(17-27(26)12-7-2)31-18-30(29-19-32(40-5)36-33(20-29)41-23-42-36)21-38(31)22-34(39)37-35-24(8-3)13-10-14-25(35)9-4/h10,13-17,20,29-31H,6-9,11-12,18-19,21-23H2,1-5H3,(H,37,39). The van der Waals surface area contributed by atoms with E-state index in [1.54, 1.807) is 7.11 Å². The molecule has 5 rings (SSSR count). The molecule has 1 aliphatic carbocycles. The van der Waals surface area contributed by atoms with Gasteiger partial charge in [0.25, 0.3) is 0 Å². The summed E-state index contributed by atoms with van der Waals surface area (Å²) < 4.78 is 17.2. The Labute approximate surface area is 252 Å². The maximum Gasteiger partial charge on any atom is 0.238 e. The summed E-state index contributed by atoms with van der Waals surface area (Å²) in [6.45, 7) is 10.2. The zero-order valence-corrected chi connectivity index (χ0v) is 26.1. The van der Waals surface area contributed by atoms with E-state index in [2.05, 4.69) is 80.4 Å². The van der Waals surface area contributed by atoms with Crippen LogP contribution in [0.15, 0.2) is 59.8 Å². The number of carbonyl (C=O) groups is 1. The molecule has 2 saturated heterocycles. The minimum Gasteiger partial charge on any atom is -0.497 e. The SMILES string of the molecule is CCCc1ccc(C2CC(C3C=C4OCOC4=C(OC)C3)CN2CC(=O)Nc2c(CC)cccc2CC)cc1CCC. The molecule has 0 spiro atoms. The third kappa shape index (κ3) is 6.39. The van der Waals surface area contributed by atoms with Crippen LogP contribution in [0.1, 0.15) is 87.2 Å². The molecule has 3 atom stereocenters. The summed E-state index contributed by atoms with van der Waals surface area (Å²) in [7, 11) is 1.71. The Kier molecular flexibility index (Phi) is 9.94. The Balaban J connectivity index is 1.42. The van der Waals surface area contributed by atoms with Gasteiger partial charge in [-0.3, -0.25) is 9.69 Å². The van der Waals surface area contributed by atoms with Crippen LogP contribution in [0.2, 0.25) is 0 Å². The minimum absolute atomic E-state index is 0.0573. The van der Waals surface area contributed by atoms with Crippen molar-refractivity contribution in [3.63, 3.8) is 0 Å². The highest BCUT2D eigenvalue weighted by Gasteiger charge is 2.41. The van der Waals surface area contributed by atoms with Crippen LogP contribution in [0.5, 0.6) is 0 Å². The number of hydrogen-bond donors (Lipinski definition) is 1. The monoisotopic (exact) mass is 572 g/mol. The highest BCUT2D eigenvalue weighted by atomic mass is 16.7. The van der Waals surface area contributed by atoms with Gasteiger partial charge >= 0.3 is 0 Å². The molecule has 226 valence electrons. The molecule has 1 amide bonds. The molecule has 3 unspecified atom stereocenters. The molecule has 2 aliphatic heterocycles. The van der Waals surface area contributed by atoms with Crippen LogP contribution in [-0.4, -0.2) is 37.8 Å². The number of ether oxygens (including phenoxy) is 3. The smallest absolute Gasteiger partial charge is 0.238 e. The lowest BCUT2D eigenvalue weighted by atomic mass is 9.83. The Morgan fingerprint density at radius 3 is 2.40 bits per heavy atom. The number of rotatable bonds is 12. The number of nitrogens with one attached hydrogen (secondary N) is 1. The number of benzene rings is 2. The molecule has 3 aliphatic rings. The van der Waals surface area contributed by atoms with Gasteiger partial charge in [-0.25, -0.2) is 0 Å². The first-order chi connectivity index (χ1) is 20.5. The van der Waals surface area contributed by atoms with Gasteiger partial charge in [-0.2, -0.15) is 0 Å². The molecule has 6 nitrogen and oxygen atoms in total. The molecular formula is C36H48N2O4. The predicted octanol–water partition coefficient (Wildman–Crippen LogP) is 7.48. The van der Waals surface area contributed by atoms with E-state index in [-0.39, 0.29) is 24.7 Å². The fraction of sp³-hybridized carbons (Fsp3) is 0.528. The van der Waals surface area contributed by atoms with Crippen LogP contribution in [0.4, 0.5) is 5.69 Å². The summed E-state index contributed by atoms with van der Waals surface area (Å²) in [4.78, 5) is 16.1. The van der Waals surface area contributed by atoms with Gasteiger partial charge in [0.1, 0.15) is 5.76 Å². The molecule has 0 aromatic heterocycles. The normalized spacial score (nSPS) is 21.9. The number of anilines is 1. The highest BCUT2D eigenvalue weighted by molar-refractivity contribution is 5.94. The number of carbonyl (C=O) groups excluding carboxylic acids is 1. The zero-order valence-electron chi connectivity index (χ0n) is 26.1. The number of allylic oxidation sites excluding steroid dienone is 2. The first-order valence-corrected chi connectivity index (χ1v) is 16.0. The first kappa shape index (κ1) is 30.2. The Bertz CT molecular complexity index is 1310. The number of nitrogens with zero attached hydrogens (tertiary/aromatic N) is 1. The van der Waals surface area contributed by atoms with E-state index < -0.39 is 0 Å². The average molecular weight is 573 g/mol. The summed E-state index contributed by atoms with van der Waals surface area (Å²) in [5, 5.41) is 3.32.